The predicted octanol–water partition coefficient (Wildman–Crippen LogP) is 4.79. The zero-order chi connectivity index (χ0) is 14.5. The van der Waals surface area contributed by atoms with E-state index in [4.69, 9.17) is 0 Å². The molecule has 0 amide bonds. The molecule has 0 fully saturated rings. The number of rotatable bonds is 5. The molecule has 0 aliphatic carbocycles. The number of hydrogen-bond donors (Lipinski definition) is 2. The third kappa shape index (κ3) is 3.32. The van der Waals surface area contributed by atoms with E-state index in [1.807, 2.05) is 12.1 Å². The van der Waals surface area contributed by atoms with E-state index in [0.717, 1.165) is 18.4 Å². The lowest BCUT2D eigenvalue weighted by atomic mass is 9.84. The van der Waals surface area contributed by atoms with Crippen molar-refractivity contribution in [2.45, 2.75) is 38.5 Å². The van der Waals surface area contributed by atoms with E-state index in [1.54, 1.807) is 12.1 Å². The first-order chi connectivity index (χ1) is 9.61. The molecule has 0 aliphatic rings. The lowest BCUT2D eigenvalue weighted by Crippen LogP contribution is -2.03. The molecule has 0 heterocycles. The maximum atomic E-state index is 9.61. The maximum absolute atomic E-state index is 9.61. The van der Waals surface area contributed by atoms with Crippen molar-refractivity contribution < 1.29 is 10.2 Å². The van der Waals surface area contributed by atoms with Crippen LogP contribution in [0.4, 0.5) is 0 Å². The van der Waals surface area contributed by atoms with Crippen LogP contribution in [0, 0.1) is 0 Å². The Morgan fingerprint density at radius 2 is 1.60 bits per heavy atom. The third-order valence-electron chi connectivity index (χ3n) is 3.97. The van der Waals surface area contributed by atoms with Gasteiger partial charge in [-0.25, -0.2) is 0 Å². The largest absolute Gasteiger partial charge is 0.504 e. The molecule has 0 aromatic heterocycles. The molecule has 2 N–H and O–H groups in total. The van der Waals surface area contributed by atoms with Gasteiger partial charge in [-0.2, -0.15) is 0 Å². The van der Waals surface area contributed by atoms with Gasteiger partial charge in [0.2, 0.25) is 0 Å². The molecule has 2 atom stereocenters. The molecule has 0 radical (unpaired) electrons. The fraction of sp³-hybridized carbons (Fsp3) is 0.333. The van der Waals surface area contributed by atoms with Gasteiger partial charge in [0.25, 0.3) is 0 Å². The standard InChI is InChI=1S/C18H22O2/c1-3-14(15-7-5-4-6-8-15)11-13(2)16-9-10-17(19)18(20)12-16/h4-10,12-14,19-20H,3,11H2,1-2H3. The number of benzene rings is 2. The van der Waals surface area contributed by atoms with Gasteiger partial charge in [-0.1, -0.05) is 50.2 Å². The highest BCUT2D eigenvalue weighted by Gasteiger charge is 2.15. The Labute approximate surface area is 120 Å². The molecular formula is C18H22O2. The van der Waals surface area contributed by atoms with Gasteiger partial charge in [-0.05, 0) is 47.9 Å². The monoisotopic (exact) mass is 270 g/mol. The normalized spacial score (nSPS) is 13.9. The molecule has 2 aromatic rings. The smallest absolute Gasteiger partial charge is 0.157 e. The molecule has 106 valence electrons. The first kappa shape index (κ1) is 14.4. The van der Waals surface area contributed by atoms with Crippen molar-refractivity contribution in [1.29, 1.82) is 0 Å². The first-order valence-corrected chi connectivity index (χ1v) is 7.18. The minimum atomic E-state index is -0.0592. The molecule has 0 spiro atoms. The van der Waals surface area contributed by atoms with Gasteiger partial charge in [0.05, 0.1) is 0 Å². The summed E-state index contributed by atoms with van der Waals surface area (Å²) in [6, 6.07) is 15.7. The van der Waals surface area contributed by atoms with Crippen LogP contribution >= 0.6 is 0 Å². The van der Waals surface area contributed by atoms with Crippen LogP contribution in [0.2, 0.25) is 0 Å². The minimum Gasteiger partial charge on any atom is -0.504 e. The van der Waals surface area contributed by atoms with Crippen molar-refractivity contribution in [3.05, 3.63) is 59.7 Å². The molecule has 0 saturated carbocycles. The van der Waals surface area contributed by atoms with E-state index in [1.165, 1.54) is 5.56 Å². The van der Waals surface area contributed by atoms with Gasteiger partial charge in [-0.3, -0.25) is 0 Å². The van der Waals surface area contributed by atoms with Crippen molar-refractivity contribution >= 4 is 0 Å². The second kappa shape index (κ2) is 6.47. The second-order valence-electron chi connectivity index (χ2n) is 5.40. The fourth-order valence-corrected chi connectivity index (χ4v) is 2.67. The molecule has 2 unspecified atom stereocenters. The van der Waals surface area contributed by atoms with Crippen LogP contribution in [0.25, 0.3) is 0 Å². The van der Waals surface area contributed by atoms with Crippen molar-refractivity contribution in [3.8, 4) is 11.5 Å². The Hall–Kier alpha value is -1.96. The quantitative estimate of drug-likeness (QED) is 0.767. The average Bonchev–Trinajstić information content (AvgIpc) is 2.48. The first-order valence-electron chi connectivity index (χ1n) is 7.18. The zero-order valence-electron chi connectivity index (χ0n) is 12.1. The van der Waals surface area contributed by atoms with Crippen LogP contribution in [0.1, 0.15) is 49.7 Å². The van der Waals surface area contributed by atoms with Crippen LogP contribution in [0.3, 0.4) is 0 Å². The van der Waals surface area contributed by atoms with Crippen molar-refractivity contribution in [1.82, 2.24) is 0 Å². The van der Waals surface area contributed by atoms with Gasteiger partial charge in [-0.15, -0.1) is 0 Å². The molecule has 20 heavy (non-hydrogen) atoms. The number of hydrogen-bond acceptors (Lipinski definition) is 2. The molecule has 2 rings (SSSR count). The summed E-state index contributed by atoms with van der Waals surface area (Å²) < 4.78 is 0. The Morgan fingerprint density at radius 3 is 2.20 bits per heavy atom. The van der Waals surface area contributed by atoms with Gasteiger partial charge >= 0.3 is 0 Å². The summed E-state index contributed by atoms with van der Waals surface area (Å²) >= 11 is 0. The summed E-state index contributed by atoms with van der Waals surface area (Å²) in [5.74, 6) is 0.756. The highest BCUT2D eigenvalue weighted by Crippen LogP contribution is 2.35. The number of aromatic hydroxyl groups is 2. The Bertz CT molecular complexity index is 549. The topological polar surface area (TPSA) is 40.5 Å². The molecule has 2 heteroatoms. The van der Waals surface area contributed by atoms with Crippen molar-refractivity contribution in [2.24, 2.45) is 0 Å². The van der Waals surface area contributed by atoms with E-state index >= 15 is 0 Å². The zero-order valence-corrected chi connectivity index (χ0v) is 12.1. The van der Waals surface area contributed by atoms with Crippen LogP contribution in [0.5, 0.6) is 11.5 Å². The lowest BCUT2D eigenvalue weighted by Gasteiger charge is -2.20. The summed E-state index contributed by atoms with van der Waals surface area (Å²) in [6.07, 6.45) is 2.13. The van der Waals surface area contributed by atoms with Gasteiger partial charge in [0, 0.05) is 0 Å². The number of phenols is 2. The predicted molar refractivity (Wildman–Crippen MR) is 82.3 cm³/mol. The molecule has 0 bridgehead atoms. The molecule has 0 aliphatic heterocycles. The highest BCUT2D eigenvalue weighted by atomic mass is 16.3. The average molecular weight is 270 g/mol. The number of phenolic OH excluding ortho intramolecular Hbond substituents is 2. The van der Waals surface area contributed by atoms with E-state index in [2.05, 4.69) is 38.1 Å². The van der Waals surface area contributed by atoms with Crippen molar-refractivity contribution in [3.63, 3.8) is 0 Å². The Kier molecular flexibility index (Phi) is 4.67. The molecule has 2 nitrogen and oxygen atoms in total. The lowest BCUT2D eigenvalue weighted by molar-refractivity contribution is 0.402. The fourth-order valence-electron chi connectivity index (χ4n) is 2.67. The van der Waals surface area contributed by atoms with Crippen LogP contribution in [-0.2, 0) is 0 Å². The summed E-state index contributed by atoms with van der Waals surface area (Å²) in [5, 5.41) is 19.0. The summed E-state index contributed by atoms with van der Waals surface area (Å²) in [4.78, 5) is 0. The third-order valence-corrected chi connectivity index (χ3v) is 3.97. The maximum Gasteiger partial charge on any atom is 0.157 e. The molecule has 0 saturated heterocycles. The summed E-state index contributed by atoms with van der Waals surface area (Å²) in [6.45, 7) is 4.37. The van der Waals surface area contributed by atoms with E-state index in [0.29, 0.717) is 11.8 Å². The van der Waals surface area contributed by atoms with Gasteiger partial charge < -0.3 is 10.2 Å². The minimum absolute atomic E-state index is 0.0397. The SMILES string of the molecule is CCC(CC(C)c1ccc(O)c(O)c1)c1ccccc1. The van der Waals surface area contributed by atoms with E-state index in [9.17, 15) is 10.2 Å². The second-order valence-corrected chi connectivity index (χ2v) is 5.40. The van der Waals surface area contributed by atoms with Crippen molar-refractivity contribution in [2.75, 3.05) is 0 Å². The molecule has 2 aromatic carbocycles. The van der Waals surface area contributed by atoms with Gasteiger partial charge in [0.15, 0.2) is 11.5 Å². The van der Waals surface area contributed by atoms with E-state index in [-0.39, 0.29) is 11.5 Å². The molecular weight excluding hydrogens is 248 g/mol. The Morgan fingerprint density at radius 1 is 0.900 bits per heavy atom. The van der Waals surface area contributed by atoms with E-state index < -0.39 is 0 Å². The summed E-state index contributed by atoms with van der Waals surface area (Å²) in [5.41, 5.74) is 2.43. The highest BCUT2D eigenvalue weighted by molar-refractivity contribution is 5.41. The summed E-state index contributed by atoms with van der Waals surface area (Å²) in [7, 11) is 0. The van der Waals surface area contributed by atoms with Crippen LogP contribution < -0.4 is 0 Å². The van der Waals surface area contributed by atoms with Crippen LogP contribution in [0.15, 0.2) is 48.5 Å². The Balaban J connectivity index is 2.13. The van der Waals surface area contributed by atoms with Crippen LogP contribution in [-0.4, -0.2) is 10.2 Å². The van der Waals surface area contributed by atoms with Gasteiger partial charge in [0.1, 0.15) is 0 Å².